The van der Waals surface area contributed by atoms with Crippen molar-refractivity contribution in [3.63, 3.8) is 0 Å². The first-order valence-corrected chi connectivity index (χ1v) is 4.07. The molecule has 0 atom stereocenters. The molecule has 1 aromatic rings. The van der Waals surface area contributed by atoms with E-state index in [1.807, 2.05) is 0 Å². The van der Waals surface area contributed by atoms with Crippen LogP contribution in [0.2, 0.25) is 0 Å². The third-order valence-electron chi connectivity index (χ3n) is 1.71. The SMILES string of the molecule is NCc1cccc(OC(F)(F)F)c1[N+](=O)[O-]. The van der Waals surface area contributed by atoms with Gasteiger partial charge in [-0.25, -0.2) is 0 Å². The van der Waals surface area contributed by atoms with Gasteiger partial charge in [0.2, 0.25) is 5.75 Å². The van der Waals surface area contributed by atoms with Crippen molar-refractivity contribution in [3.8, 4) is 5.75 Å². The molecular weight excluding hydrogens is 229 g/mol. The standard InChI is InChI=1S/C8H7F3N2O3/c9-8(10,11)16-6-3-1-2-5(4-12)7(6)13(14)15/h1-3H,4,12H2. The molecule has 0 bridgehead atoms. The topological polar surface area (TPSA) is 78.4 Å². The molecule has 2 N–H and O–H groups in total. The van der Waals surface area contributed by atoms with E-state index < -0.39 is 22.7 Å². The Morgan fingerprint density at radius 2 is 2.06 bits per heavy atom. The molecule has 0 radical (unpaired) electrons. The monoisotopic (exact) mass is 236 g/mol. The molecule has 0 fully saturated rings. The van der Waals surface area contributed by atoms with Crippen molar-refractivity contribution in [2.45, 2.75) is 12.9 Å². The largest absolute Gasteiger partial charge is 0.573 e. The molecule has 0 aliphatic rings. The fourth-order valence-electron chi connectivity index (χ4n) is 1.15. The minimum absolute atomic E-state index is 0.0215. The second kappa shape index (κ2) is 4.35. The van der Waals surface area contributed by atoms with Gasteiger partial charge in [0.05, 0.1) is 4.92 Å². The van der Waals surface area contributed by atoms with Crippen LogP contribution in [0.1, 0.15) is 5.56 Å². The van der Waals surface area contributed by atoms with E-state index >= 15 is 0 Å². The Kier molecular flexibility index (Phi) is 3.33. The number of rotatable bonds is 3. The lowest BCUT2D eigenvalue weighted by atomic mass is 10.1. The van der Waals surface area contributed by atoms with Gasteiger partial charge in [-0.15, -0.1) is 13.2 Å². The maximum Gasteiger partial charge on any atom is 0.573 e. The highest BCUT2D eigenvalue weighted by atomic mass is 19.4. The van der Waals surface area contributed by atoms with Crippen LogP contribution in [-0.4, -0.2) is 11.3 Å². The van der Waals surface area contributed by atoms with Crippen LogP contribution in [0.5, 0.6) is 5.75 Å². The minimum Gasteiger partial charge on any atom is -0.398 e. The average Bonchev–Trinajstić information content (AvgIpc) is 2.14. The fraction of sp³-hybridized carbons (Fsp3) is 0.250. The van der Waals surface area contributed by atoms with E-state index in [1.165, 1.54) is 12.1 Å². The summed E-state index contributed by atoms with van der Waals surface area (Å²) in [5.74, 6) is -0.861. The zero-order chi connectivity index (χ0) is 12.3. The highest BCUT2D eigenvalue weighted by Gasteiger charge is 2.35. The molecular formula is C8H7F3N2O3. The third kappa shape index (κ3) is 2.83. The third-order valence-corrected chi connectivity index (χ3v) is 1.71. The van der Waals surface area contributed by atoms with Gasteiger partial charge in [0.25, 0.3) is 0 Å². The number of nitrogens with two attached hydrogens (primary N) is 1. The summed E-state index contributed by atoms with van der Waals surface area (Å²) in [5, 5.41) is 10.6. The summed E-state index contributed by atoms with van der Waals surface area (Å²) in [5.41, 5.74) is 4.40. The lowest BCUT2D eigenvalue weighted by Crippen LogP contribution is -2.18. The van der Waals surface area contributed by atoms with Gasteiger partial charge in [0, 0.05) is 12.1 Å². The minimum atomic E-state index is -4.97. The second-order valence-electron chi connectivity index (χ2n) is 2.77. The van der Waals surface area contributed by atoms with Crippen molar-refractivity contribution in [2.24, 2.45) is 5.73 Å². The van der Waals surface area contributed by atoms with Gasteiger partial charge >= 0.3 is 12.0 Å². The van der Waals surface area contributed by atoms with Crippen LogP contribution >= 0.6 is 0 Å². The van der Waals surface area contributed by atoms with Crippen molar-refractivity contribution in [1.82, 2.24) is 0 Å². The first-order valence-electron chi connectivity index (χ1n) is 4.07. The molecule has 0 aliphatic heterocycles. The summed E-state index contributed by atoms with van der Waals surface area (Å²) >= 11 is 0. The molecule has 16 heavy (non-hydrogen) atoms. The summed E-state index contributed by atoms with van der Waals surface area (Å²) in [6.45, 7) is -0.245. The quantitative estimate of drug-likeness (QED) is 0.642. The summed E-state index contributed by atoms with van der Waals surface area (Å²) in [7, 11) is 0. The van der Waals surface area contributed by atoms with Crippen LogP contribution in [-0.2, 0) is 6.54 Å². The molecule has 0 saturated carbocycles. The normalized spacial score (nSPS) is 11.2. The molecule has 88 valence electrons. The molecule has 0 amide bonds. The summed E-state index contributed by atoms with van der Waals surface area (Å²) in [4.78, 5) is 9.63. The van der Waals surface area contributed by atoms with Gasteiger partial charge in [-0.05, 0) is 6.07 Å². The first-order chi connectivity index (χ1) is 7.35. The van der Waals surface area contributed by atoms with E-state index in [9.17, 15) is 23.3 Å². The number of benzene rings is 1. The highest BCUT2D eigenvalue weighted by molar-refractivity contribution is 5.52. The average molecular weight is 236 g/mol. The maximum absolute atomic E-state index is 11.9. The van der Waals surface area contributed by atoms with Crippen molar-refractivity contribution in [1.29, 1.82) is 0 Å². The predicted octanol–water partition coefficient (Wildman–Crippen LogP) is 1.95. The maximum atomic E-state index is 11.9. The Hall–Kier alpha value is -1.83. The van der Waals surface area contributed by atoms with Crippen LogP contribution in [0.15, 0.2) is 18.2 Å². The smallest absolute Gasteiger partial charge is 0.398 e. The lowest BCUT2D eigenvalue weighted by molar-refractivity contribution is -0.389. The van der Waals surface area contributed by atoms with Gasteiger partial charge in [-0.3, -0.25) is 10.1 Å². The number of nitrogens with zero attached hydrogens (tertiary/aromatic N) is 1. The Morgan fingerprint density at radius 1 is 1.44 bits per heavy atom. The number of hydrogen-bond acceptors (Lipinski definition) is 4. The fourth-order valence-corrected chi connectivity index (χ4v) is 1.15. The molecule has 0 saturated heterocycles. The Labute approximate surface area is 87.8 Å². The molecule has 0 heterocycles. The number of nitro benzene ring substituents is 1. The molecule has 0 spiro atoms. The molecule has 1 aromatic carbocycles. The zero-order valence-corrected chi connectivity index (χ0v) is 7.82. The van der Waals surface area contributed by atoms with E-state index in [1.54, 1.807) is 0 Å². The Bertz CT molecular complexity index is 406. The molecule has 5 nitrogen and oxygen atoms in total. The van der Waals surface area contributed by atoms with Gasteiger partial charge in [0.15, 0.2) is 0 Å². The summed E-state index contributed by atoms with van der Waals surface area (Å²) in [6, 6.07) is 3.34. The number of alkyl halides is 3. The number of hydrogen-bond donors (Lipinski definition) is 1. The number of ether oxygens (including phenoxy) is 1. The van der Waals surface area contributed by atoms with Crippen LogP contribution < -0.4 is 10.5 Å². The molecule has 0 unspecified atom stereocenters. The van der Waals surface area contributed by atoms with Gasteiger partial charge < -0.3 is 10.5 Å². The van der Waals surface area contributed by atoms with Crippen LogP contribution in [0, 0.1) is 10.1 Å². The van der Waals surface area contributed by atoms with Crippen molar-refractivity contribution >= 4 is 5.69 Å². The Morgan fingerprint density at radius 3 is 2.50 bits per heavy atom. The highest BCUT2D eigenvalue weighted by Crippen LogP contribution is 2.34. The lowest BCUT2D eigenvalue weighted by Gasteiger charge is -2.10. The van der Waals surface area contributed by atoms with Gasteiger partial charge in [-0.2, -0.15) is 0 Å². The second-order valence-corrected chi connectivity index (χ2v) is 2.77. The van der Waals surface area contributed by atoms with E-state index in [-0.39, 0.29) is 12.1 Å². The van der Waals surface area contributed by atoms with Crippen LogP contribution in [0.3, 0.4) is 0 Å². The summed E-state index contributed by atoms with van der Waals surface area (Å²) in [6.07, 6.45) is -4.97. The predicted molar refractivity (Wildman–Crippen MR) is 47.7 cm³/mol. The van der Waals surface area contributed by atoms with E-state index in [4.69, 9.17) is 5.73 Å². The number of para-hydroxylation sites is 1. The van der Waals surface area contributed by atoms with Crippen LogP contribution in [0.25, 0.3) is 0 Å². The van der Waals surface area contributed by atoms with Gasteiger partial charge in [-0.1, -0.05) is 12.1 Å². The first kappa shape index (κ1) is 12.2. The Balaban J connectivity index is 3.22. The zero-order valence-electron chi connectivity index (χ0n) is 7.82. The van der Waals surface area contributed by atoms with Crippen molar-refractivity contribution in [3.05, 3.63) is 33.9 Å². The molecule has 0 aliphatic carbocycles. The van der Waals surface area contributed by atoms with E-state index in [0.717, 1.165) is 6.07 Å². The van der Waals surface area contributed by atoms with Crippen molar-refractivity contribution < 1.29 is 22.8 Å². The summed E-state index contributed by atoms with van der Waals surface area (Å²) < 4.78 is 39.4. The molecule has 0 aromatic heterocycles. The van der Waals surface area contributed by atoms with E-state index in [0.29, 0.717) is 0 Å². The molecule has 8 heteroatoms. The molecule has 1 rings (SSSR count). The van der Waals surface area contributed by atoms with E-state index in [2.05, 4.69) is 4.74 Å². The van der Waals surface area contributed by atoms with Crippen LogP contribution in [0.4, 0.5) is 18.9 Å². The van der Waals surface area contributed by atoms with Crippen molar-refractivity contribution in [2.75, 3.05) is 0 Å². The number of nitro groups is 1. The van der Waals surface area contributed by atoms with Gasteiger partial charge in [0.1, 0.15) is 0 Å². The number of halogens is 3.